The lowest BCUT2D eigenvalue weighted by Gasteiger charge is -2.28. The van der Waals surface area contributed by atoms with E-state index in [1.54, 1.807) is 0 Å². The first-order valence-electron chi connectivity index (χ1n) is 5.04. The maximum Gasteiger partial charge on any atom is 0.0574 e. The number of aliphatic hydroxyl groups is 1. The van der Waals surface area contributed by atoms with E-state index in [0.29, 0.717) is 5.92 Å². The molecule has 11 heavy (non-hydrogen) atoms. The smallest absolute Gasteiger partial charge is 0.0574 e. The van der Waals surface area contributed by atoms with Crippen molar-refractivity contribution in [2.45, 2.75) is 38.2 Å². The molecular weight excluding hydrogens is 136 g/mol. The van der Waals surface area contributed by atoms with Crippen molar-refractivity contribution in [1.82, 2.24) is 0 Å². The van der Waals surface area contributed by atoms with E-state index < -0.39 is 0 Å². The molecule has 0 radical (unpaired) electrons. The Morgan fingerprint density at radius 1 is 0.909 bits per heavy atom. The number of hydrogen-bond acceptors (Lipinski definition) is 1. The molecule has 0 amide bonds. The first-order chi connectivity index (χ1) is 5.36. The van der Waals surface area contributed by atoms with Crippen molar-refractivity contribution < 1.29 is 5.11 Å². The van der Waals surface area contributed by atoms with Gasteiger partial charge >= 0.3 is 0 Å². The second-order valence-corrected chi connectivity index (χ2v) is 4.72. The number of fused-ring (bicyclic) bond motifs is 5. The van der Waals surface area contributed by atoms with Crippen LogP contribution in [0.25, 0.3) is 0 Å². The van der Waals surface area contributed by atoms with Crippen LogP contribution in [0.5, 0.6) is 0 Å². The molecule has 0 aromatic heterocycles. The summed E-state index contributed by atoms with van der Waals surface area (Å²) in [5.41, 5.74) is 0. The van der Waals surface area contributed by atoms with Crippen molar-refractivity contribution in [2.75, 3.05) is 0 Å². The lowest BCUT2D eigenvalue weighted by molar-refractivity contribution is 0.0642. The van der Waals surface area contributed by atoms with Crippen molar-refractivity contribution in [3.63, 3.8) is 0 Å². The molecule has 1 heteroatoms. The Labute approximate surface area is 67.8 Å². The van der Waals surface area contributed by atoms with Crippen LogP contribution in [0, 0.1) is 23.7 Å². The van der Waals surface area contributed by atoms with E-state index in [2.05, 4.69) is 0 Å². The Balaban J connectivity index is 1.90. The Morgan fingerprint density at radius 3 is 2.64 bits per heavy atom. The largest absolute Gasteiger partial charge is 0.393 e. The summed E-state index contributed by atoms with van der Waals surface area (Å²) in [6, 6.07) is 0. The fraction of sp³-hybridized carbons (Fsp3) is 1.00. The second-order valence-electron chi connectivity index (χ2n) is 4.72. The van der Waals surface area contributed by atoms with E-state index in [9.17, 15) is 5.11 Å². The number of hydrogen-bond donors (Lipinski definition) is 1. The van der Waals surface area contributed by atoms with Gasteiger partial charge in [-0.1, -0.05) is 6.42 Å². The van der Waals surface area contributed by atoms with Gasteiger partial charge in [0.25, 0.3) is 0 Å². The standard InChI is InChI=1S/C10H16O/c11-10-5-6-4-9(10)8-3-1-2-7(6)8/h6-11H,1-5H2/t6-,7-,8-,9+,10+/m1/s1. The molecule has 0 aromatic rings. The molecule has 3 aliphatic carbocycles. The summed E-state index contributed by atoms with van der Waals surface area (Å²) in [7, 11) is 0. The SMILES string of the molecule is O[C@H]1C[C@H]2C[C@H]1[C@@H]1CCC[C@H]21. The van der Waals surface area contributed by atoms with Gasteiger partial charge in [-0.2, -0.15) is 0 Å². The van der Waals surface area contributed by atoms with Gasteiger partial charge in [0.1, 0.15) is 0 Å². The van der Waals surface area contributed by atoms with Crippen LogP contribution in [0.4, 0.5) is 0 Å². The Hall–Kier alpha value is -0.0400. The molecule has 3 fully saturated rings. The molecule has 3 rings (SSSR count). The van der Waals surface area contributed by atoms with Crippen LogP contribution in [-0.2, 0) is 0 Å². The van der Waals surface area contributed by atoms with E-state index in [0.717, 1.165) is 24.2 Å². The van der Waals surface area contributed by atoms with Gasteiger partial charge in [0.05, 0.1) is 6.10 Å². The topological polar surface area (TPSA) is 20.2 Å². The number of aliphatic hydroxyl groups excluding tert-OH is 1. The van der Waals surface area contributed by atoms with Crippen LogP contribution in [0.3, 0.4) is 0 Å². The Bertz CT molecular complexity index is 178. The molecule has 0 heterocycles. The maximum absolute atomic E-state index is 9.67. The van der Waals surface area contributed by atoms with Gasteiger partial charge in [-0.3, -0.25) is 0 Å². The molecular formula is C10H16O. The fourth-order valence-corrected chi connectivity index (χ4v) is 4.03. The second kappa shape index (κ2) is 2.01. The average molecular weight is 152 g/mol. The highest BCUT2D eigenvalue weighted by molar-refractivity contribution is 5.02. The third kappa shape index (κ3) is 0.703. The van der Waals surface area contributed by atoms with E-state index in [4.69, 9.17) is 0 Å². The molecule has 0 aromatic carbocycles. The minimum absolute atomic E-state index is 0.0827. The van der Waals surface area contributed by atoms with E-state index >= 15 is 0 Å². The van der Waals surface area contributed by atoms with Crippen LogP contribution in [0.15, 0.2) is 0 Å². The minimum Gasteiger partial charge on any atom is -0.393 e. The van der Waals surface area contributed by atoms with Crippen LogP contribution < -0.4 is 0 Å². The Morgan fingerprint density at radius 2 is 1.73 bits per heavy atom. The molecule has 3 aliphatic rings. The summed E-state index contributed by atoms with van der Waals surface area (Å²) in [4.78, 5) is 0. The summed E-state index contributed by atoms with van der Waals surface area (Å²) < 4.78 is 0. The highest BCUT2D eigenvalue weighted by Gasteiger charge is 2.53. The zero-order chi connectivity index (χ0) is 7.42. The van der Waals surface area contributed by atoms with Gasteiger partial charge in [-0.05, 0) is 49.4 Å². The third-order valence-electron chi connectivity index (χ3n) is 4.39. The van der Waals surface area contributed by atoms with Gasteiger partial charge in [0.15, 0.2) is 0 Å². The quantitative estimate of drug-likeness (QED) is 0.561. The molecule has 2 bridgehead atoms. The molecule has 1 N–H and O–H groups in total. The lowest BCUT2D eigenvalue weighted by Crippen LogP contribution is -2.27. The average Bonchev–Trinajstić information content (AvgIpc) is 2.52. The first kappa shape index (κ1) is 6.47. The molecule has 3 saturated carbocycles. The summed E-state index contributed by atoms with van der Waals surface area (Å²) in [5, 5.41) is 9.67. The zero-order valence-corrected chi connectivity index (χ0v) is 6.87. The molecule has 0 aliphatic heterocycles. The fourth-order valence-electron chi connectivity index (χ4n) is 4.03. The first-order valence-corrected chi connectivity index (χ1v) is 5.04. The van der Waals surface area contributed by atoms with E-state index in [-0.39, 0.29) is 6.10 Å². The summed E-state index contributed by atoms with van der Waals surface area (Å²) in [6.45, 7) is 0. The normalized spacial score (nSPS) is 60.3. The van der Waals surface area contributed by atoms with E-state index in [1.165, 1.54) is 25.7 Å². The molecule has 0 saturated heterocycles. The predicted octanol–water partition coefficient (Wildman–Crippen LogP) is 1.80. The third-order valence-corrected chi connectivity index (χ3v) is 4.39. The summed E-state index contributed by atoms with van der Waals surface area (Å²) >= 11 is 0. The van der Waals surface area contributed by atoms with Crippen molar-refractivity contribution in [3.8, 4) is 0 Å². The van der Waals surface area contributed by atoms with Gasteiger partial charge in [0.2, 0.25) is 0 Å². The molecule has 0 unspecified atom stereocenters. The van der Waals surface area contributed by atoms with Crippen LogP contribution in [0.2, 0.25) is 0 Å². The molecule has 5 atom stereocenters. The van der Waals surface area contributed by atoms with Crippen molar-refractivity contribution in [1.29, 1.82) is 0 Å². The highest BCUT2D eigenvalue weighted by atomic mass is 16.3. The molecule has 62 valence electrons. The monoisotopic (exact) mass is 152 g/mol. The Kier molecular flexibility index (Phi) is 1.18. The molecule has 0 spiro atoms. The zero-order valence-electron chi connectivity index (χ0n) is 6.87. The van der Waals surface area contributed by atoms with Crippen molar-refractivity contribution in [3.05, 3.63) is 0 Å². The van der Waals surface area contributed by atoms with E-state index in [1.807, 2.05) is 0 Å². The van der Waals surface area contributed by atoms with Crippen LogP contribution in [-0.4, -0.2) is 11.2 Å². The van der Waals surface area contributed by atoms with Gasteiger partial charge in [-0.15, -0.1) is 0 Å². The number of rotatable bonds is 0. The van der Waals surface area contributed by atoms with Crippen molar-refractivity contribution >= 4 is 0 Å². The summed E-state index contributed by atoms with van der Waals surface area (Å²) in [5.74, 6) is 3.60. The summed E-state index contributed by atoms with van der Waals surface area (Å²) in [6.07, 6.45) is 6.90. The van der Waals surface area contributed by atoms with Crippen LogP contribution in [0.1, 0.15) is 32.1 Å². The predicted molar refractivity (Wildman–Crippen MR) is 43.1 cm³/mol. The van der Waals surface area contributed by atoms with Crippen LogP contribution >= 0.6 is 0 Å². The van der Waals surface area contributed by atoms with Gasteiger partial charge < -0.3 is 5.11 Å². The highest BCUT2D eigenvalue weighted by Crippen LogP contribution is 2.58. The van der Waals surface area contributed by atoms with Gasteiger partial charge in [-0.25, -0.2) is 0 Å². The van der Waals surface area contributed by atoms with Crippen molar-refractivity contribution in [2.24, 2.45) is 23.7 Å². The minimum atomic E-state index is 0.0827. The van der Waals surface area contributed by atoms with Gasteiger partial charge in [0, 0.05) is 0 Å². The lowest BCUT2D eigenvalue weighted by atomic mass is 9.80. The maximum atomic E-state index is 9.67. The molecule has 1 nitrogen and oxygen atoms in total.